The highest BCUT2D eigenvalue weighted by Crippen LogP contribution is 2.30. The number of nitrogens with zero attached hydrogens (tertiary/aromatic N) is 1. The minimum absolute atomic E-state index is 0.150. The second-order valence-corrected chi connectivity index (χ2v) is 10.5. The first-order valence-corrected chi connectivity index (χ1v) is 12.8. The van der Waals surface area contributed by atoms with E-state index in [2.05, 4.69) is 5.32 Å². The molecule has 0 spiro atoms. The summed E-state index contributed by atoms with van der Waals surface area (Å²) in [6.45, 7) is 0.535. The van der Waals surface area contributed by atoms with Gasteiger partial charge in [-0.3, -0.25) is 4.79 Å². The van der Waals surface area contributed by atoms with Crippen molar-refractivity contribution in [1.82, 2.24) is 4.31 Å². The van der Waals surface area contributed by atoms with E-state index in [1.165, 1.54) is 4.31 Å². The van der Waals surface area contributed by atoms with Gasteiger partial charge in [-0.05, 0) is 43.4 Å². The average molecular weight is 473 g/mol. The van der Waals surface area contributed by atoms with Crippen molar-refractivity contribution in [3.05, 3.63) is 58.1 Å². The zero-order valence-corrected chi connectivity index (χ0v) is 19.0. The van der Waals surface area contributed by atoms with Crippen LogP contribution in [0.5, 0.6) is 0 Å². The van der Waals surface area contributed by atoms with Crippen LogP contribution in [0.1, 0.15) is 18.4 Å². The molecule has 1 aliphatic rings. The van der Waals surface area contributed by atoms with Gasteiger partial charge in [0, 0.05) is 33.6 Å². The first kappa shape index (κ1) is 22.4. The molecule has 1 atom stereocenters. The van der Waals surface area contributed by atoms with E-state index in [-0.39, 0.29) is 18.2 Å². The zero-order chi connectivity index (χ0) is 21.0. The van der Waals surface area contributed by atoms with E-state index in [9.17, 15) is 13.2 Å². The summed E-state index contributed by atoms with van der Waals surface area (Å²) >= 11 is 13.8. The number of rotatable bonds is 6. The van der Waals surface area contributed by atoms with Gasteiger partial charge in [-0.25, -0.2) is 12.7 Å². The number of piperidine rings is 1. The molecule has 0 aliphatic carbocycles. The number of hydrogen-bond acceptors (Lipinski definition) is 4. The molecule has 1 amide bonds. The number of anilines is 1. The molecule has 1 N–H and O–H groups in total. The van der Waals surface area contributed by atoms with E-state index in [1.54, 1.807) is 30.0 Å². The molecule has 0 radical (unpaired) electrons. The fourth-order valence-electron chi connectivity index (χ4n) is 3.34. The van der Waals surface area contributed by atoms with Gasteiger partial charge in [0.05, 0.1) is 17.4 Å². The van der Waals surface area contributed by atoms with Crippen LogP contribution in [0.15, 0.2) is 47.4 Å². The molecule has 29 heavy (non-hydrogen) atoms. The molecule has 156 valence electrons. The largest absolute Gasteiger partial charge is 0.325 e. The minimum atomic E-state index is -3.65. The number of nitrogens with one attached hydrogen (secondary N) is 1. The van der Waals surface area contributed by atoms with E-state index in [4.69, 9.17) is 23.2 Å². The zero-order valence-electron chi connectivity index (χ0n) is 15.9. The molecule has 0 aromatic heterocycles. The number of para-hydroxylation sites is 1. The van der Waals surface area contributed by atoms with Crippen molar-refractivity contribution >= 4 is 56.6 Å². The maximum Gasteiger partial charge on any atom is 0.228 e. The van der Waals surface area contributed by atoms with Crippen LogP contribution in [0.3, 0.4) is 0 Å². The molecule has 1 saturated heterocycles. The highest BCUT2D eigenvalue weighted by Gasteiger charge is 2.33. The lowest BCUT2D eigenvalue weighted by atomic mass is 9.99. The van der Waals surface area contributed by atoms with Crippen molar-refractivity contribution in [3.8, 4) is 0 Å². The Labute approximate surface area is 185 Å². The van der Waals surface area contributed by atoms with Gasteiger partial charge in [-0.1, -0.05) is 41.4 Å². The molecule has 1 aliphatic heterocycles. The van der Waals surface area contributed by atoms with E-state index in [0.717, 1.165) is 10.6 Å². The van der Waals surface area contributed by atoms with Crippen LogP contribution >= 0.6 is 35.0 Å². The van der Waals surface area contributed by atoms with Crippen LogP contribution in [0.4, 0.5) is 5.69 Å². The van der Waals surface area contributed by atoms with Crippen LogP contribution in [-0.4, -0.2) is 38.0 Å². The maximum absolute atomic E-state index is 13.0. The lowest BCUT2D eigenvalue weighted by Crippen LogP contribution is -2.44. The molecular weight excluding hydrogens is 451 g/mol. The lowest BCUT2D eigenvalue weighted by Gasteiger charge is -2.31. The summed E-state index contributed by atoms with van der Waals surface area (Å²) in [7, 11) is -3.65. The Morgan fingerprint density at radius 1 is 1.17 bits per heavy atom. The highest BCUT2D eigenvalue weighted by atomic mass is 35.5. The number of halogens is 2. The molecule has 3 rings (SSSR count). The molecule has 2 aromatic carbocycles. The SMILES string of the molecule is CSc1ccccc1NC(=O)C1CCCN(S(=O)(=O)Cc2c(Cl)cccc2Cl)C1. The van der Waals surface area contributed by atoms with Gasteiger partial charge in [-0.15, -0.1) is 11.8 Å². The maximum atomic E-state index is 13.0. The molecular formula is C20H22Cl2N2O3S2. The molecule has 1 fully saturated rings. The van der Waals surface area contributed by atoms with Crippen LogP contribution < -0.4 is 5.32 Å². The number of benzene rings is 2. The van der Waals surface area contributed by atoms with E-state index < -0.39 is 15.9 Å². The van der Waals surface area contributed by atoms with Crippen molar-refractivity contribution in [1.29, 1.82) is 0 Å². The van der Waals surface area contributed by atoms with Gasteiger partial charge in [0.1, 0.15) is 0 Å². The Kier molecular flexibility index (Phi) is 7.51. The normalized spacial score (nSPS) is 17.8. The molecule has 1 heterocycles. The topological polar surface area (TPSA) is 66.5 Å². The Morgan fingerprint density at radius 2 is 1.86 bits per heavy atom. The van der Waals surface area contributed by atoms with Crippen molar-refractivity contribution in [2.75, 3.05) is 24.7 Å². The summed E-state index contributed by atoms with van der Waals surface area (Å²) in [4.78, 5) is 13.8. The Balaban J connectivity index is 1.72. The van der Waals surface area contributed by atoms with E-state index >= 15 is 0 Å². The number of sulfonamides is 1. The number of hydrogen-bond donors (Lipinski definition) is 1. The smallest absolute Gasteiger partial charge is 0.228 e. The number of thioether (sulfide) groups is 1. The van der Waals surface area contributed by atoms with Crippen molar-refractivity contribution < 1.29 is 13.2 Å². The Hall–Kier alpha value is -1.25. The Bertz CT molecular complexity index is 979. The first-order valence-electron chi connectivity index (χ1n) is 9.16. The van der Waals surface area contributed by atoms with Crippen LogP contribution in [0.25, 0.3) is 0 Å². The van der Waals surface area contributed by atoms with Crippen LogP contribution in [-0.2, 0) is 20.6 Å². The summed E-state index contributed by atoms with van der Waals surface area (Å²) in [5.41, 5.74) is 1.13. The Morgan fingerprint density at radius 3 is 2.55 bits per heavy atom. The fourth-order valence-corrected chi connectivity index (χ4v) is 6.25. The van der Waals surface area contributed by atoms with Gasteiger partial charge >= 0.3 is 0 Å². The van der Waals surface area contributed by atoms with Crippen LogP contribution in [0, 0.1) is 5.92 Å². The predicted molar refractivity (Wildman–Crippen MR) is 120 cm³/mol. The van der Waals surface area contributed by atoms with E-state index in [0.29, 0.717) is 35.0 Å². The fraction of sp³-hybridized carbons (Fsp3) is 0.350. The summed E-state index contributed by atoms with van der Waals surface area (Å²) in [5.74, 6) is -0.855. The van der Waals surface area contributed by atoms with Crippen LogP contribution in [0.2, 0.25) is 10.0 Å². The minimum Gasteiger partial charge on any atom is -0.325 e. The van der Waals surface area contributed by atoms with Gasteiger partial charge in [-0.2, -0.15) is 0 Å². The molecule has 9 heteroatoms. The van der Waals surface area contributed by atoms with Gasteiger partial charge < -0.3 is 5.32 Å². The third kappa shape index (κ3) is 5.47. The van der Waals surface area contributed by atoms with Crippen molar-refractivity contribution in [3.63, 3.8) is 0 Å². The average Bonchev–Trinajstić information content (AvgIpc) is 2.71. The first-order chi connectivity index (χ1) is 13.8. The third-order valence-corrected chi connectivity index (χ3v) is 8.18. The quantitative estimate of drug-likeness (QED) is 0.607. The standard InChI is InChI=1S/C20H22Cl2N2O3S2/c1-28-19-10-3-2-9-18(19)23-20(25)14-6-5-11-24(12-14)29(26,27)13-15-16(21)7-4-8-17(15)22/h2-4,7-10,14H,5-6,11-13H2,1H3,(H,23,25). The number of carbonyl (C=O) groups excluding carboxylic acids is 1. The predicted octanol–water partition coefficient (Wildman–Crippen LogP) is 4.90. The van der Waals surface area contributed by atoms with E-state index in [1.807, 2.05) is 30.5 Å². The van der Waals surface area contributed by atoms with Crippen molar-refractivity contribution in [2.45, 2.75) is 23.5 Å². The summed E-state index contributed by atoms with van der Waals surface area (Å²) in [6, 6.07) is 12.5. The summed E-state index contributed by atoms with van der Waals surface area (Å²) in [6.07, 6.45) is 3.21. The van der Waals surface area contributed by atoms with Gasteiger partial charge in [0.15, 0.2) is 0 Å². The molecule has 0 saturated carbocycles. The molecule has 2 aromatic rings. The molecule has 1 unspecified atom stereocenters. The molecule has 0 bridgehead atoms. The number of amides is 1. The lowest BCUT2D eigenvalue weighted by molar-refractivity contribution is -0.120. The molecule has 5 nitrogen and oxygen atoms in total. The van der Waals surface area contributed by atoms with Crippen molar-refractivity contribution in [2.24, 2.45) is 5.92 Å². The second kappa shape index (κ2) is 9.71. The third-order valence-electron chi connectivity index (χ3n) is 4.90. The summed E-state index contributed by atoms with van der Waals surface area (Å²) in [5, 5.41) is 3.59. The summed E-state index contributed by atoms with van der Waals surface area (Å²) < 4.78 is 27.3. The second-order valence-electron chi connectivity index (χ2n) is 6.84. The number of carbonyl (C=O) groups is 1. The van der Waals surface area contributed by atoms with Gasteiger partial charge in [0.25, 0.3) is 0 Å². The highest BCUT2D eigenvalue weighted by molar-refractivity contribution is 7.98. The van der Waals surface area contributed by atoms with Gasteiger partial charge in [0.2, 0.25) is 15.9 Å². The monoisotopic (exact) mass is 472 g/mol.